The fourth-order valence-corrected chi connectivity index (χ4v) is 1.95. The molecule has 1 aliphatic heterocycles. The minimum atomic E-state index is 0.0340. The summed E-state index contributed by atoms with van der Waals surface area (Å²) in [6.45, 7) is 1.10. The lowest BCUT2D eigenvalue weighted by molar-refractivity contribution is -0.128. The Morgan fingerprint density at radius 3 is 3.12 bits per heavy atom. The average Bonchev–Trinajstić information content (AvgIpc) is 2.60. The van der Waals surface area contributed by atoms with E-state index in [1.165, 1.54) is 0 Å². The van der Waals surface area contributed by atoms with Crippen LogP contribution in [0.1, 0.15) is 12.1 Å². The van der Waals surface area contributed by atoms with Gasteiger partial charge in [-0.15, -0.1) is 12.3 Å². The first-order valence-corrected chi connectivity index (χ1v) is 5.41. The summed E-state index contributed by atoms with van der Waals surface area (Å²) in [7, 11) is 0. The van der Waals surface area contributed by atoms with Gasteiger partial charge in [-0.2, -0.15) is 0 Å². The maximum atomic E-state index is 11.6. The number of hydrogen-bond acceptors (Lipinski definition) is 2. The monoisotopic (exact) mass is 234 g/mol. The third-order valence-electron chi connectivity index (χ3n) is 2.58. The number of halogens is 1. The van der Waals surface area contributed by atoms with Crippen molar-refractivity contribution in [1.29, 1.82) is 0 Å². The number of aromatic nitrogens is 1. The van der Waals surface area contributed by atoms with Crippen LogP contribution in [0.15, 0.2) is 18.3 Å². The molecule has 1 saturated heterocycles. The number of amides is 1. The molecule has 2 rings (SSSR count). The molecule has 0 aliphatic carbocycles. The first-order chi connectivity index (χ1) is 7.69. The Hall–Kier alpha value is -1.53. The Balaban J connectivity index is 2.06. The van der Waals surface area contributed by atoms with E-state index in [4.69, 9.17) is 18.0 Å². The van der Waals surface area contributed by atoms with E-state index in [1.807, 2.05) is 0 Å². The van der Waals surface area contributed by atoms with Gasteiger partial charge < -0.3 is 4.90 Å². The van der Waals surface area contributed by atoms with E-state index in [2.05, 4.69) is 10.9 Å². The summed E-state index contributed by atoms with van der Waals surface area (Å²) in [5, 5.41) is 0.630. The summed E-state index contributed by atoms with van der Waals surface area (Å²) in [6.07, 6.45) is 7.39. The molecule has 82 valence electrons. The zero-order chi connectivity index (χ0) is 11.5. The molecular formula is C12H11ClN2O. The SMILES string of the molecule is C#CC1CC(=O)N(Cc2cc(Cl)ccn2)C1. The van der Waals surface area contributed by atoms with Crippen molar-refractivity contribution >= 4 is 17.5 Å². The predicted molar refractivity (Wildman–Crippen MR) is 61.6 cm³/mol. The fourth-order valence-electron chi connectivity index (χ4n) is 1.77. The van der Waals surface area contributed by atoms with Crippen LogP contribution in [0.2, 0.25) is 5.02 Å². The Morgan fingerprint density at radius 2 is 2.50 bits per heavy atom. The molecule has 0 radical (unpaired) electrons. The van der Waals surface area contributed by atoms with Crippen LogP contribution in [0.25, 0.3) is 0 Å². The summed E-state index contributed by atoms with van der Waals surface area (Å²) < 4.78 is 0. The third kappa shape index (κ3) is 2.34. The Kier molecular flexibility index (Phi) is 3.12. The minimum Gasteiger partial charge on any atom is -0.336 e. The summed E-state index contributed by atoms with van der Waals surface area (Å²) >= 11 is 5.85. The van der Waals surface area contributed by atoms with E-state index in [-0.39, 0.29) is 11.8 Å². The van der Waals surface area contributed by atoms with Crippen molar-refractivity contribution in [1.82, 2.24) is 9.88 Å². The molecule has 2 heterocycles. The zero-order valence-corrected chi connectivity index (χ0v) is 9.44. The Bertz CT molecular complexity index is 453. The second-order valence-electron chi connectivity index (χ2n) is 3.81. The molecule has 1 unspecified atom stereocenters. The summed E-state index contributed by atoms with van der Waals surface area (Å²) in [5.41, 5.74) is 0.790. The molecule has 1 amide bonds. The highest BCUT2D eigenvalue weighted by molar-refractivity contribution is 6.30. The Morgan fingerprint density at radius 1 is 1.69 bits per heavy atom. The molecule has 16 heavy (non-hydrogen) atoms. The molecule has 0 aromatic carbocycles. The molecule has 0 spiro atoms. The molecule has 0 saturated carbocycles. The fraction of sp³-hybridized carbons (Fsp3) is 0.333. The number of rotatable bonds is 2. The van der Waals surface area contributed by atoms with Gasteiger partial charge in [0.1, 0.15) is 0 Å². The largest absolute Gasteiger partial charge is 0.336 e. The quantitative estimate of drug-likeness (QED) is 0.730. The van der Waals surface area contributed by atoms with Crippen LogP contribution in [-0.2, 0) is 11.3 Å². The lowest BCUT2D eigenvalue weighted by Gasteiger charge is -2.15. The normalized spacial score (nSPS) is 19.9. The van der Waals surface area contributed by atoms with E-state index in [1.54, 1.807) is 23.2 Å². The van der Waals surface area contributed by atoms with Gasteiger partial charge in [0.15, 0.2) is 0 Å². The van der Waals surface area contributed by atoms with Crippen LogP contribution in [-0.4, -0.2) is 22.3 Å². The number of hydrogen-bond donors (Lipinski definition) is 0. The first kappa shape index (κ1) is 11.0. The van der Waals surface area contributed by atoms with Gasteiger partial charge in [-0.3, -0.25) is 9.78 Å². The van der Waals surface area contributed by atoms with Crippen molar-refractivity contribution in [3.05, 3.63) is 29.0 Å². The maximum Gasteiger partial charge on any atom is 0.224 e. The number of carbonyl (C=O) groups is 1. The van der Waals surface area contributed by atoms with Crippen molar-refractivity contribution in [3.8, 4) is 12.3 Å². The highest BCUT2D eigenvalue weighted by atomic mass is 35.5. The lowest BCUT2D eigenvalue weighted by Crippen LogP contribution is -2.24. The predicted octanol–water partition coefficient (Wildman–Crippen LogP) is 1.72. The van der Waals surface area contributed by atoms with Gasteiger partial charge in [0, 0.05) is 30.1 Å². The molecule has 3 nitrogen and oxygen atoms in total. The number of terminal acetylenes is 1. The van der Waals surface area contributed by atoms with Gasteiger partial charge in [-0.25, -0.2) is 0 Å². The summed E-state index contributed by atoms with van der Waals surface area (Å²) in [5.74, 6) is 2.73. The summed E-state index contributed by atoms with van der Waals surface area (Å²) in [6, 6.07) is 3.47. The van der Waals surface area contributed by atoms with Crippen LogP contribution in [0.5, 0.6) is 0 Å². The smallest absolute Gasteiger partial charge is 0.224 e. The van der Waals surface area contributed by atoms with Gasteiger partial charge >= 0.3 is 0 Å². The maximum absolute atomic E-state index is 11.6. The second-order valence-corrected chi connectivity index (χ2v) is 4.24. The van der Waals surface area contributed by atoms with Gasteiger partial charge in [0.05, 0.1) is 12.2 Å². The van der Waals surface area contributed by atoms with Crippen LogP contribution < -0.4 is 0 Å². The van der Waals surface area contributed by atoms with Gasteiger partial charge in [0.2, 0.25) is 5.91 Å². The van der Waals surface area contributed by atoms with Gasteiger partial charge in [0.25, 0.3) is 0 Å². The van der Waals surface area contributed by atoms with Gasteiger partial charge in [-0.05, 0) is 12.1 Å². The van der Waals surface area contributed by atoms with Crippen molar-refractivity contribution < 1.29 is 4.79 Å². The van der Waals surface area contributed by atoms with E-state index in [0.29, 0.717) is 24.5 Å². The molecular weight excluding hydrogens is 224 g/mol. The molecule has 1 atom stereocenters. The van der Waals surface area contributed by atoms with Crippen molar-refractivity contribution in [2.45, 2.75) is 13.0 Å². The van der Waals surface area contributed by atoms with Crippen LogP contribution in [0.4, 0.5) is 0 Å². The second kappa shape index (κ2) is 4.54. The van der Waals surface area contributed by atoms with E-state index in [0.717, 1.165) is 5.69 Å². The number of carbonyl (C=O) groups excluding carboxylic acids is 1. The standard InChI is InChI=1S/C12H11ClN2O/c1-2-9-5-12(16)15(7-9)8-11-6-10(13)3-4-14-11/h1,3-4,6,9H,5,7-8H2. The minimum absolute atomic E-state index is 0.0340. The summed E-state index contributed by atoms with van der Waals surface area (Å²) in [4.78, 5) is 17.5. The van der Waals surface area contributed by atoms with Crippen molar-refractivity contribution in [2.24, 2.45) is 5.92 Å². The van der Waals surface area contributed by atoms with Crippen molar-refractivity contribution in [3.63, 3.8) is 0 Å². The van der Waals surface area contributed by atoms with E-state index < -0.39 is 0 Å². The molecule has 0 bridgehead atoms. The molecule has 1 aromatic rings. The van der Waals surface area contributed by atoms with Crippen LogP contribution >= 0.6 is 11.6 Å². The van der Waals surface area contributed by atoms with Crippen LogP contribution in [0.3, 0.4) is 0 Å². The molecule has 0 N–H and O–H groups in total. The Labute approximate surface area is 99.4 Å². The average molecular weight is 235 g/mol. The van der Waals surface area contributed by atoms with Crippen LogP contribution in [0, 0.1) is 18.3 Å². The number of nitrogens with zero attached hydrogens (tertiary/aromatic N) is 2. The first-order valence-electron chi connectivity index (χ1n) is 5.03. The molecule has 1 aromatic heterocycles. The number of pyridine rings is 1. The van der Waals surface area contributed by atoms with E-state index >= 15 is 0 Å². The highest BCUT2D eigenvalue weighted by Gasteiger charge is 2.28. The topological polar surface area (TPSA) is 33.2 Å². The van der Waals surface area contributed by atoms with E-state index in [9.17, 15) is 4.79 Å². The van der Waals surface area contributed by atoms with Crippen molar-refractivity contribution in [2.75, 3.05) is 6.54 Å². The molecule has 1 fully saturated rings. The lowest BCUT2D eigenvalue weighted by atomic mass is 10.1. The van der Waals surface area contributed by atoms with Gasteiger partial charge in [-0.1, -0.05) is 11.6 Å². The highest BCUT2D eigenvalue weighted by Crippen LogP contribution is 2.19. The number of likely N-dealkylation sites (tertiary alicyclic amines) is 1. The third-order valence-corrected chi connectivity index (χ3v) is 2.82. The molecule has 1 aliphatic rings. The zero-order valence-electron chi connectivity index (χ0n) is 8.69. The molecule has 4 heteroatoms.